The van der Waals surface area contributed by atoms with E-state index < -0.39 is 0 Å². The number of phenolic OH excluding ortho intramolecular Hbond substituents is 1. The second-order valence-electron chi connectivity index (χ2n) is 2.80. The highest BCUT2D eigenvalue weighted by Gasteiger charge is 1.91. The number of hydrogen-bond donors (Lipinski definition) is 2. The van der Waals surface area contributed by atoms with E-state index in [0.717, 1.165) is 25.1 Å². The van der Waals surface area contributed by atoms with Crippen molar-refractivity contribution >= 4 is 0 Å². The smallest absolute Gasteiger partial charge is 0.115 e. The SMILES string of the molecule is C#CCCNCc1ccc(O)cc1. The standard InChI is InChI=1S/C11H13NO/c1-2-3-8-12-9-10-4-6-11(13)7-5-10/h1,4-7,12-13H,3,8-9H2. The van der Waals surface area contributed by atoms with Crippen LogP contribution in [-0.4, -0.2) is 11.7 Å². The molecule has 0 bridgehead atoms. The Morgan fingerprint density at radius 3 is 2.62 bits per heavy atom. The van der Waals surface area contributed by atoms with E-state index in [1.165, 1.54) is 0 Å². The van der Waals surface area contributed by atoms with Crippen LogP contribution in [0.3, 0.4) is 0 Å². The highest BCUT2D eigenvalue weighted by Crippen LogP contribution is 2.08. The highest BCUT2D eigenvalue weighted by molar-refractivity contribution is 5.25. The van der Waals surface area contributed by atoms with Gasteiger partial charge in [-0.3, -0.25) is 0 Å². The molecule has 2 N–H and O–H groups in total. The minimum Gasteiger partial charge on any atom is -0.508 e. The van der Waals surface area contributed by atoms with Crippen LogP contribution in [0, 0.1) is 12.3 Å². The molecule has 0 aliphatic carbocycles. The van der Waals surface area contributed by atoms with E-state index in [4.69, 9.17) is 11.5 Å². The third kappa shape index (κ3) is 3.64. The zero-order valence-electron chi connectivity index (χ0n) is 7.46. The van der Waals surface area contributed by atoms with Gasteiger partial charge in [0.2, 0.25) is 0 Å². The quantitative estimate of drug-likeness (QED) is 0.537. The minimum absolute atomic E-state index is 0.298. The summed E-state index contributed by atoms with van der Waals surface area (Å²) < 4.78 is 0. The van der Waals surface area contributed by atoms with E-state index in [1.807, 2.05) is 12.1 Å². The zero-order chi connectivity index (χ0) is 9.52. The van der Waals surface area contributed by atoms with Gasteiger partial charge >= 0.3 is 0 Å². The second-order valence-corrected chi connectivity index (χ2v) is 2.80. The summed E-state index contributed by atoms with van der Waals surface area (Å²) in [4.78, 5) is 0. The lowest BCUT2D eigenvalue weighted by atomic mass is 10.2. The fraction of sp³-hybridized carbons (Fsp3) is 0.273. The van der Waals surface area contributed by atoms with Crippen LogP contribution in [0.15, 0.2) is 24.3 Å². The number of phenols is 1. The van der Waals surface area contributed by atoms with Gasteiger partial charge in [-0.1, -0.05) is 12.1 Å². The average Bonchev–Trinajstić information content (AvgIpc) is 2.15. The first-order chi connectivity index (χ1) is 6.33. The first-order valence-corrected chi connectivity index (χ1v) is 4.25. The second kappa shape index (κ2) is 5.23. The summed E-state index contributed by atoms with van der Waals surface area (Å²) in [5.74, 6) is 2.86. The molecule has 0 aromatic heterocycles. The summed E-state index contributed by atoms with van der Waals surface area (Å²) in [5, 5.41) is 12.2. The van der Waals surface area contributed by atoms with Gasteiger partial charge in [0, 0.05) is 19.5 Å². The molecule has 0 saturated carbocycles. The molecule has 0 saturated heterocycles. The molecular formula is C11H13NO. The Kier molecular flexibility index (Phi) is 3.87. The normalized spacial score (nSPS) is 9.46. The zero-order valence-corrected chi connectivity index (χ0v) is 7.46. The van der Waals surface area contributed by atoms with Gasteiger partial charge in [0.1, 0.15) is 5.75 Å². The molecule has 0 radical (unpaired) electrons. The molecule has 0 unspecified atom stereocenters. The third-order valence-corrected chi connectivity index (χ3v) is 1.71. The topological polar surface area (TPSA) is 32.3 Å². The maximum absolute atomic E-state index is 9.02. The lowest BCUT2D eigenvalue weighted by molar-refractivity contribution is 0.475. The van der Waals surface area contributed by atoms with Crippen molar-refractivity contribution in [3.05, 3.63) is 29.8 Å². The van der Waals surface area contributed by atoms with Gasteiger partial charge < -0.3 is 10.4 Å². The molecule has 0 aliphatic heterocycles. The molecule has 1 aromatic carbocycles. The van der Waals surface area contributed by atoms with Crippen LogP contribution in [0.25, 0.3) is 0 Å². The first kappa shape index (κ1) is 9.63. The molecule has 1 aromatic rings. The van der Waals surface area contributed by atoms with Gasteiger partial charge in [0.05, 0.1) is 0 Å². The average molecular weight is 175 g/mol. The molecular weight excluding hydrogens is 162 g/mol. The maximum Gasteiger partial charge on any atom is 0.115 e. The molecule has 2 nitrogen and oxygen atoms in total. The minimum atomic E-state index is 0.298. The molecule has 0 amide bonds. The van der Waals surface area contributed by atoms with E-state index in [0.29, 0.717) is 5.75 Å². The van der Waals surface area contributed by atoms with Gasteiger partial charge in [0.15, 0.2) is 0 Å². The number of aromatic hydroxyl groups is 1. The van der Waals surface area contributed by atoms with E-state index in [9.17, 15) is 0 Å². The summed E-state index contributed by atoms with van der Waals surface area (Å²) >= 11 is 0. The Bertz CT molecular complexity index is 284. The summed E-state index contributed by atoms with van der Waals surface area (Å²) in [5.41, 5.74) is 1.15. The maximum atomic E-state index is 9.02. The Hall–Kier alpha value is -1.46. The molecule has 0 aliphatic rings. The highest BCUT2D eigenvalue weighted by atomic mass is 16.3. The first-order valence-electron chi connectivity index (χ1n) is 4.25. The summed E-state index contributed by atoms with van der Waals surface area (Å²) in [6.45, 7) is 1.62. The number of hydrogen-bond acceptors (Lipinski definition) is 2. The summed E-state index contributed by atoms with van der Waals surface area (Å²) in [7, 11) is 0. The summed E-state index contributed by atoms with van der Waals surface area (Å²) in [6, 6.07) is 7.13. The van der Waals surface area contributed by atoms with Crippen molar-refractivity contribution in [2.45, 2.75) is 13.0 Å². The fourth-order valence-corrected chi connectivity index (χ4v) is 1.01. The monoisotopic (exact) mass is 175 g/mol. The van der Waals surface area contributed by atoms with E-state index >= 15 is 0 Å². The Labute approximate surface area is 78.6 Å². The predicted molar refractivity (Wildman–Crippen MR) is 53.3 cm³/mol. The van der Waals surface area contributed by atoms with Crippen LogP contribution < -0.4 is 5.32 Å². The van der Waals surface area contributed by atoms with Crippen molar-refractivity contribution in [3.63, 3.8) is 0 Å². The fourth-order valence-electron chi connectivity index (χ4n) is 1.01. The van der Waals surface area contributed by atoms with Gasteiger partial charge in [0.25, 0.3) is 0 Å². The number of benzene rings is 1. The predicted octanol–water partition coefficient (Wildman–Crippen LogP) is 1.51. The van der Waals surface area contributed by atoms with Crippen molar-refractivity contribution < 1.29 is 5.11 Å². The Balaban J connectivity index is 2.30. The van der Waals surface area contributed by atoms with E-state index in [-0.39, 0.29) is 0 Å². The number of nitrogens with one attached hydrogen (secondary N) is 1. The molecule has 0 atom stereocenters. The molecule has 0 fully saturated rings. The Morgan fingerprint density at radius 2 is 2.00 bits per heavy atom. The van der Waals surface area contributed by atoms with Crippen LogP contribution in [-0.2, 0) is 6.54 Å². The van der Waals surface area contributed by atoms with Crippen LogP contribution in [0.5, 0.6) is 5.75 Å². The van der Waals surface area contributed by atoms with Crippen LogP contribution >= 0.6 is 0 Å². The van der Waals surface area contributed by atoms with Crippen LogP contribution in [0.4, 0.5) is 0 Å². The van der Waals surface area contributed by atoms with Crippen LogP contribution in [0.2, 0.25) is 0 Å². The molecule has 13 heavy (non-hydrogen) atoms. The van der Waals surface area contributed by atoms with E-state index in [1.54, 1.807) is 12.1 Å². The van der Waals surface area contributed by atoms with Gasteiger partial charge in [-0.15, -0.1) is 12.3 Å². The van der Waals surface area contributed by atoms with Crippen molar-refractivity contribution in [2.24, 2.45) is 0 Å². The number of rotatable bonds is 4. The Morgan fingerprint density at radius 1 is 1.31 bits per heavy atom. The van der Waals surface area contributed by atoms with E-state index in [2.05, 4.69) is 11.2 Å². The van der Waals surface area contributed by atoms with Gasteiger partial charge in [-0.05, 0) is 17.7 Å². The van der Waals surface area contributed by atoms with Crippen molar-refractivity contribution in [2.75, 3.05) is 6.54 Å². The summed E-state index contributed by atoms with van der Waals surface area (Å²) in [6.07, 6.45) is 5.85. The van der Waals surface area contributed by atoms with Crippen molar-refractivity contribution in [1.29, 1.82) is 0 Å². The van der Waals surface area contributed by atoms with Gasteiger partial charge in [-0.25, -0.2) is 0 Å². The van der Waals surface area contributed by atoms with Crippen molar-refractivity contribution in [1.82, 2.24) is 5.32 Å². The molecule has 68 valence electrons. The number of terminal acetylenes is 1. The third-order valence-electron chi connectivity index (χ3n) is 1.71. The lowest BCUT2D eigenvalue weighted by Gasteiger charge is -2.02. The molecule has 0 heterocycles. The van der Waals surface area contributed by atoms with Gasteiger partial charge in [-0.2, -0.15) is 0 Å². The molecule has 2 heteroatoms. The lowest BCUT2D eigenvalue weighted by Crippen LogP contribution is -2.13. The largest absolute Gasteiger partial charge is 0.508 e. The van der Waals surface area contributed by atoms with Crippen LogP contribution in [0.1, 0.15) is 12.0 Å². The molecule has 1 rings (SSSR count). The van der Waals surface area contributed by atoms with Crippen molar-refractivity contribution in [3.8, 4) is 18.1 Å². The molecule has 0 spiro atoms.